The summed E-state index contributed by atoms with van der Waals surface area (Å²) in [5.74, 6) is -1.14. The summed E-state index contributed by atoms with van der Waals surface area (Å²) in [5.41, 5.74) is 2.75. The van der Waals surface area contributed by atoms with Crippen molar-refractivity contribution >= 4 is 28.8 Å². The number of anilines is 1. The van der Waals surface area contributed by atoms with E-state index >= 15 is 0 Å². The number of hydrogen-bond donors (Lipinski definition) is 1. The molecule has 1 aromatic carbocycles. The Morgan fingerprint density at radius 2 is 2.08 bits per heavy atom. The van der Waals surface area contributed by atoms with E-state index in [1.54, 1.807) is 28.4 Å². The minimum atomic E-state index is -0.614. The summed E-state index contributed by atoms with van der Waals surface area (Å²) < 4.78 is 5.64. The second-order valence-corrected chi connectivity index (χ2v) is 7.05. The maximum absolute atomic E-state index is 12.7. The molecule has 3 rings (SSSR count). The molecule has 5 nitrogen and oxygen atoms in total. The molecule has 0 radical (unpaired) electrons. The zero-order chi connectivity index (χ0) is 17.6. The summed E-state index contributed by atoms with van der Waals surface area (Å²) in [7, 11) is 0. The quantitative estimate of drug-likeness (QED) is 0.835. The van der Waals surface area contributed by atoms with Crippen LogP contribution in [0.25, 0.3) is 0 Å². The van der Waals surface area contributed by atoms with Crippen LogP contribution >= 0.6 is 11.3 Å². The molecule has 1 aromatic heterocycles. The summed E-state index contributed by atoms with van der Waals surface area (Å²) in [6.45, 7) is 3.56. The zero-order valence-corrected chi connectivity index (χ0v) is 15.1. The highest BCUT2D eigenvalue weighted by atomic mass is 32.1. The second kappa shape index (κ2) is 8.27. The van der Waals surface area contributed by atoms with Crippen molar-refractivity contribution in [2.75, 3.05) is 18.5 Å². The Hall–Kier alpha value is -2.18. The van der Waals surface area contributed by atoms with Crippen molar-refractivity contribution in [3.63, 3.8) is 0 Å². The number of carbonyl (C=O) groups excluding carboxylic acids is 2. The number of benzene rings is 1. The molecule has 0 saturated carbocycles. The third kappa shape index (κ3) is 4.90. The van der Waals surface area contributed by atoms with Crippen LogP contribution in [-0.2, 0) is 20.9 Å². The molecule has 25 heavy (non-hydrogen) atoms. The minimum absolute atomic E-state index is 0.00904. The minimum Gasteiger partial charge on any atom is -0.376 e. The van der Waals surface area contributed by atoms with Crippen LogP contribution in [0.3, 0.4) is 0 Å². The lowest BCUT2D eigenvalue weighted by molar-refractivity contribution is -0.144. The SMILES string of the molecule is Cc1ccc(NC(=O)C(=O)N(Cc2ccsc2)C[C@@H]2CCCO2)cc1. The average Bonchev–Trinajstić information content (AvgIpc) is 3.29. The van der Waals surface area contributed by atoms with Crippen LogP contribution in [0, 0.1) is 6.92 Å². The topological polar surface area (TPSA) is 58.6 Å². The first kappa shape index (κ1) is 17.6. The number of ether oxygens (including phenoxy) is 1. The Kier molecular flexibility index (Phi) is 5.83. The average molecular weight is 358 g/mol. The predicted molar refractivity (Wildman–Crippen MR) is 98.5 cm³/mol. The van der Waals surface area contributed by atoms with Crippen molar-refractivity contribution < 1.29 is 14.3 Å². The molecule has 0 spiro atoms. The second-order valence-electron chi connectivity index (χ2n) is 6.27. The van der Waals surface area contributed by atoms with Gasteiger partial charge < -0.3 is 15.0 Å². The van der Waals surface area contributed by atoms with Crippen molar-refractivity contribution in [2.24, 2.45) is 0 Å². The lowest BCUT2D eigenvalue weighted by atomic mass is 10.2. The first-order valence-electron chi connectivity index (χ1n) is 8.41. The van der Waals surface area contributed by atoms with Gasteiger partial charge in [0.2, 0.25) is 0 Å². The maximum atomic E-state index is 12.7. The van der Waals surface area contributed by atoms with Gasteiger partial charge in [0.15, 0.2) is 0 Å². The van der Waals surface area contributed by atoms with Crippen LogP contribution < -0.4 is 5.32 Å². The summed E-state index contributed by atoms with van der Waals surface area (Å²) >= 11 is 1.58. The van der Waals surface area contributed by atoms with Gasteiger partial charge in [0.05, 0.1) is 6.10 Å². The molecule has 1 fully saturated rings. The van der Waals surface area contributed by atoms with Crippen molar-refractivity contribution in [1.29, 1.82) is 0 Å². The number of carbonyl (C=O) groups is 2. The number of rotatable bonds is 5. The number of hydrogen-bond acceptors (Lipinski definition) is 4. The fourth-order valence-electron chi connectivity index (χ4n) is 2.82. The third-order valence-electron chi connectivity index (χ3n) is 4.19. The molecular weight excluding hydrogens is 336 g/mol. The molecule has 132 valence electrons. The Balaban J connectivity index is 1.67. The van der Waals surface area contributed by atoms with Crippen LogP contribution in [0.15, 0.2) is 41.1 Å². The van der Waals surface area contributed by atoms with Crippen molar-refractivity contribution in [2.45, 2.75) is 32.4 Å². The molecule has 2 aromatic rings. The van der Waals surface area contributed by atoms with E-state index in [0.29, 0.717) is 18.8 Å². The van der Waals surface area contributed by atoms with Gasteiger partial charge in [-0.3, -0.25) is 9.59 Å². The first-order chi connectivity index (χ1) is 12.1. The van der Waals surface area contributed by atoms with E-state index in [1.165, 1.54) is 0 Å². The van der Waals surface area contributed by atoms with Gasteiger partial charge in [0.25, 0.3) is 0 Å². The van der Waals surface area contributed by atoms with E-state index in [2.05, 4.69) is 5.32 Å². The van der Waals surface area contributed by atoms with Gasteiger partial charge in [-0.2, -0.15) is 11.3 Å². The molecule has 0 unspecified atom stereocenters. The highest BCUT2D eigenvalue weighted by Gasteiger charge is 2.27. The fraction of sp³-hybridized carbons (Fsp3) is 0.368. The smallest absolute Gasteiger partial charge is 0.313 e. The summed E-state index contributed by atoms with van der Waals surface area (Å²) in [4.78, 5) is 26.7. The molecular formula is C19H22N2O3S. The summed E-state index contributed by atoms with van der Waals surface area (Å²) in [6, 6.07) is 9.36. The van der Waals surface area contributed by atoms with Crippen LogP contribution in [0.1, 0.15) is 24.0 Å². The van der Waals surface area contributed by atoms with Crippen LogP contribution in [0.2, 0.25) is 0 Å². The molecule has 6 heteroatoms. The molecule has 0 aliphatic carbocycles. The molecule has 1 atom stereocenters. The molecule has 2 amide bonds. The Labute approximate surface area is 151 Å². The largest absolute Gasteiger partial charge is 0.376 e. The highest BCUT2D eigenvalue weighted by Crippen LogP contribution is 2.17. The summed E-state index contributed by atoms with van der Waals surface area (Å²) in [6.07, 6.45) is 1.93. The Bertz CT molecular complexity index is 707. The van der Waals surface area contributed by atoms with Crippen LogP contribution in [0.4, 0.5) is 5.69 Å². The molecule has 2 heterocycles. The van der Waals surface area contributed by atoms with Gasteiger partial charge in [-0.15, -0.1) is 0 Å². The Morgan fingerprint density at radius 1 is 1.28 bits per heavy atom. The van der Waals surface area contributed by atoms with Crippen LogP contribution in [0.5, 0.6) is 0 Å². The lowest BCUT2D eigenvalue weighted by Gasteiger charge is -2.24. The van der Waals surface area contributed by atoms with Gasteiger partial charge in [0, 0.05) is 25.4 Å². The van der Waals surface area contributed by atoms with Crippen LogP contribution in [-0.4, -0.2) is 36.0 Å². The molecule has 1 aliphatic heterocycles. The van der Waals surface area contributed by atoms with E-state index < -0.39 is 11.8 Å². The number of thiophene rings is 1. The zero-order valence-electron chi connectivity index (χ0n) is 14.2. The first-order valence-corrected chi connectivity index (χ1v) is 9.36. The highest BCUT2D eigenvalue weighted by molar-refractivity contribution is 7.07. The Morgan fingerprint density at radius 3 is 2.72 bits per heavy atom. The number of nitrogens with one attached hydrogen (secondary N) is 1. The summed E-state index contributed by atoms with van der Waals surface area (Å²) in [5, 5.41) is 6.65. The van der Waals surface area contributed by atoms with E-state index in [9.17, 15) is 9.59 Å². The van der Waals surface area contributed by atoms with Gasteiger partial charge >= 0.3 is 11.8 Å². The number of aryl methyl sites for hydroxylation is 1. The van der Waals surface area contributed by atoms with Crippen molar-refractivity contribution in [1.82, 2.24) is 4.90 Å². The molecule has 1 N–H and O–H groups in total. The third-order valence-corrected chi connectivity index (χ3v) is 4.92. The van der Waals surface area contributed by atoms with Gasteiger partial charge in [-0.25, -0.2) is 0 Å². The number of nitrogens with zero attached hydrogens (tertiary/aromatic N) is 1. The molecule has 1 saturated heterocycles. The van der Waals surface area contributed by atoms with Gasteiger partial charge in [-0.1, -0.05) is 17.7 Å². The van der Waals surface area contributed by atoms with Crippen molar-refractivity contribution in [3.8, 4) is 0 Å². The molecule has 0 bridgehead atoms. The van der Waals surface area contributed by atoms with E-state index in [0.717, 1.165) is 30.6 Å². The fourth-order valence-corrected chi connectivity index (χ4v) is 3.48. The predicted octanol–water partition coefficient (Wildman–Crippen LogP) is 3.20. The normalized spacial score (nSPS) is 16.6. The maximum Gasteiger partial charge on any atom is 0.313 e. The van der Waals surface area contributed by atoms with E-state index in [-0.39, 0.29) is 6.10 Å². The number of amides is 2. The monoisotopic (exact) mass is 358 g/mol. The molecule has 1 aliphatic rings. The van der Waals surface area contributed by atoms with Gasteiger partial charge in [-0.05, 0) is 54.3 Å². The lowest BCUT2D eigenvalue weighted by Crippen LogP contribution is -2.43. The van der Waals surface area contributed by atoms with E-state index in [4.69, 9.17) is 4.74 Å². The van der Waals surface area contributed by atoms with Gasteiger partial charge in [0.1, 0.15) is 0 Å². The van der Waals surface area contributed by atoms with Crippen molar-refractivity contribution in [3.05, 3.63) is 52.2 Å². The standard InChI is InChI=1S/C19H22N2O3S/c1-14-4-6-16(7-5-14)20-18(22)19(23)21(11-15-8-10-25-13-15)12-17-3-2-9-24-17/h4-8,10,13,17H,2-3,9,11-12H2,1H3,(H,20,22)/t17-/m0/s1. The van der Waals surface area contributed by atoms with E-state index in [1.807, 2.05) is 35.9 Å².